The number of likely N-dealkylation sites (tertiary alicyclic amines) is 1. The highest BCUT2D eigenvalue weighted by Gasteiger charge is 2.48. The summed E-state index contributed by atoms with van der Waals surface area (Å²) in [7, 11) is 0. The molecule has 7 heteroatoms. The lowest BCUT2D eigenvalue weighted by Crippen LogP contribution is -2.55. The summed E-state index contributed by atoms with van der Waals surface area (Å²) in [6.45, 7) is 2.65. The van der Waals surface area contributed by atoms with E-state index in [2.05, 4.69) is 5.32 Å². The van der Waals surface area contributed by atoms with E-state index in [1.807, 2.05) is 6.07 Å². The monoisotopic (exact) mass is 316 g/mol. The number of carbonyl (C=O) groups is 2. The Kier molecular flexibility index (Phi) is 4.55. The van der Waals surface area contributed by atoms with Crippen molar-refractivity contribution in [3.63, 3.8) is 0 Å². The standard InChI is InChI=1S/C13H17ClN2O3S/c1-2-13(11(17)18)6-3-7-16(13)12(19)15-8-9-4-5-10(14)20-9/h4-5H,2-3,6-8H2,1H3,(H,15,19)(H,17,18). The maximum atomic E-state index is 12.2. The summed E-state index contributed by atoms with van der Waals surface area (Å²) in [5.41, 5.74) is -1.06. The smallest absolute Gasteiger partial charge is 0.329 e. The molecule has 1 aliphatic heterocycles. The van der Waals surface area contributed by atoms with Gasteiger partial charge in [-0.15, -0.1) is 11.3 Å². The molecule has 1 aromatic rings. The Balaban J connectivity index is 2.02. The first-order chi connectivity index (χ1) is 9.49. The maximum Gasteiger partial charge on any atom is 0.329 e. The van der Waals surface area contributed by atoms with Gasteiger partial charge in [-0.1, -0.05) is 18.5 Å². The first-order valence-corrected chi connectivity index (χ1v) is 7.72. The normalized spacial score (nSPS) is 22.0. The van der Waals surface area contributed by atoms with Crippen molar-refractivity contribution in [1.29, 1.82) is 0 Å². The first-order valence-electron chi connectivity index (χ1n) is 6.52. The van der Waals surface area contributed by atoms with Crippen LogP contribution in [0.25, 0.3) is 0 Å². The van der Waals surface area contributed by atoms with Crippen LogP contribution >= 0.6 is 22.9 Å². The Morgan fingerprint density at radius 1 is 1.55 bits per heavy atom. The highest BCUT2D eigenvalue weighted by Crippen LogP contribution is 2.32. The van der Waals surface area contributed by atoms with Crippen LogP contribution in [0.4, 0.5) is 4.79 Å². The number of aliphatic carboxylic acids is 1. The van der Waals surface area contributed by atoms with E-state index in [4.69, 9.17) is 11.6 Å². The molecule has 0 aliphatic carbocycles. The predicted molar refractivity (Wildman–Crippen MR) is 78.2 cm³/mol. The van der Waals surface area contributed by atoms with E-state index in [-0.39, 0.29) is 6.03 Å². The summed E-state index contributed by atoms with van der Waals surface area (Å²) in [4.78, 5) is 26.1. The van der Waals surface area contributed by atoms with E-state index in [1.165, 1.54) is 16.2 Å². The highest BCUT2D eigenvalue weighted by atomic mass is 35.5. The average molecular weight is 317 g/mol. The van der Waals surface area contributed by atoms with Gasteiger partial charge in [0, 0.05) is 11.4 Å². The lowest BCUT2D eigenvalue weighted by atomic mass is 9.93. The number of urea groups is 1. The molecule has 1 fully saturated rings. The molecule has 0 saturated carbocycles. The van der Waals surface area contributed by atoms with Crippen molar-refractivity contribution in [1.82, 2.24) is 10.2 Å². The van der Waals surface area contributed by atoms with Gasteiger partial charge >= 0.3 is 12.0 Å². The molecule has 5 nitrogen and oxygen atoms in total. The third-order valence-corrected chi connectivity index (χ3v) is 4.99. The SMILES string of the molecule is CCC1(C(=O)O)CCCN1C(=O)NCc1ccc(Cl)s1. The molecule has 1 aromatic heterocycles. The fourth-order valence-electron chi connectivity index (χ4n) is 2.62. The van der Waals surface area contributed by atoms with Gasteiger partial charge in [-0.25, -0.2) is 9.59 Å². The van der Waals surface area contributed by atoms with Crippen molar-refractivity contribution in [3.05, 3.63) is 21.3 Å². The number of carboxylic acids is 1. The van der Waals surface area contributed by atoms with E-state index >= 15 is 0 Å². The van der Waals surface area contributed by atoms with Crippen LogP contribution in [-0.4, -0.2) is 34.1 Å². The molecular formula is C13H17ClN2O3S. The molecule has 0 bridgehead atoms. The fraction of sp³-hybridized carbons (Fsp3) is 0.538. The van der Waals surface area contributed by atoms with Gasteiger partial charge in [-0.2, -0.15) is 0 Å². The second-order valence-corrected chi connectivity index (χ2v) is 6.61. The zero-order valence-corrected chi connectivity index (χ0v) is 12.8. The zero-order chi connectivity index (χ0) is 14.8. The van der Waals surface area contributed by atoms with Gasteiger partial charge in [0.05, 0.1) is 10.9 Å². The lowest BCUT2D eigenvalue weighted by Gasteiger charge is -2.33. The molecule has 110 valence electrons. The molecule has 2 heterocycles. The molecule has 2 amide bonds. The molecule has 0 spiro atoms. The summed E-state index contributed by atoms with van der Waals surface area (Å²) in [6.07, 6.45) is 1.65. The minimum atomic E-state index is -1.06. The molecule has 20 heavy (non-hydrogen) atoms. The number of hydrogen-bond acceptors (Lipinski definition) is 3. The van der Waals surface area contributed by atoms with Crippen molar-refractivity contribution >= 4 is 34.9 Å². The van der Waals surface area contributed by atoms with Crippen molar-refractivity contribution in [2.75, 3.05) is 6.54 Å². The van der Waals surface area contributed by atoms with Crippen LogP contribution in [0.3, 0.4) is 0 Å². The Labute approximate surface area is 126 Å². The van der Waals surface area contributed by atoms with Gasteiger partial charge in [0.25, 0.3) is 0 Å². The molecular weight excluding hydrogens is 300 g/mol. The van der Waals surface area contributed by atoms with Gasteiger partial charge < -0.3 is 15.3 Å². The topological polar surface area (TPSA) is 69.6 Å². The number of thiophene rings is 1. The summed E-state index contributed by atoms with van der Waals surface area (Å²) in [5.74, 6) is -0.924. The van der Waals surface area contributed by atoms with E-state index < -0.39 is 11.5 Å². The molecule has 2 rings (SSSR count). The number of nitrogens with one attached hydrogen (secondary N) is 1. The molecule has 1 unspecified atom stereocenters. The van der Waals surface area contributed by atoms with Crippen LogP contribution < -0.4 is 5.32 Å². The van der Waals surface area contributed by atoms with Crippen LogP contribution in [0, 0.1) is 0 Å². The summed E-state index contributed by atoms with van der Waals surface area (Å²) in [5, 5.41) is 12.2. The number of rotatable bonds is 4. The number of amides is 2. The van der Waals surface area contributed by atoms with Crippen molar-refractivity contribution < 1.29 is 14.7 Å². The molecule has 0 aromatic carbocycles. The minimum absolute atomic E-state index is 0.323. The van der Waals surface area contributed by atoms with Gasteiger partial charge in [-0.3, -0.25) is 0 Å². The van der Waals surface area contributed by atoms with Crippen molar-refractivity contribution in [2.45, 2.75) is 38.3 Å². The third kappa shape index (κ3) is 2.76. The van der Waals surface area contributed by atoms with Gasteiger partial charge in [0.15, 0.2) is 0 Å². The Bertz CT molecular complexity index is 519. The first kappa shape index (κ1) is 15.1. The van der Waals surface area contributed by atoms with E-state index in [0.29, 0.717) is 30.3 Å². The fourth-order valence-corrected chi connectivity index (χ4v) is 3.65. The quantitative estimate of drug-likeness (QED) is 0.897. The number of carbonyl (C=O) groups excluding carboxylic acids is 1. The van der Waals surface area contributed by atoms with E-state index in [9.17, 15) is 14.7 Å². The second-order valence-electron chi connectivity index (χ2n) is 4.81. The van der Waals surface area contributed by atoms with Crippen LogP contribution in [0.15, 0.2) is 12.1 Å². The average Bonchev–Trinajstić information content (AvgIpc) is 3.02. The van der Waals surface area contributed by atoms with Gasteiger partial charge in [0.1, 0.15) is 5.54 Å². The summed E-state index contributed by atoms with van der Waals surface area (Å²) < 4.78 is 0.670. The summed E-state index contributed by atoms with van der Waals surface area (Å²) >= 11 is 7.23. The van der Waals surface area contributed by atoms with Crippen LogP contribution in [0.2, 0.25) is 4.34 Å². The number of halogens is 1. The molecule has 2 N–H and O–H groups in total. The lowest BCUT2D eigenvalue weighted by molar-refractivity contribution is -0.148. The van der Waals surface area contributed by atoms with Gasteiger partial charge in [0.2, 0.25) is 0 Å². The second kappa shape index (κ2) is 6.01. The Hall–Kier alpha value is -1.27. The third-order valence-electron chi connectivity index (χ3n) is 3.76. The van der Waals surface area contributed by atoms with E-state index in [0.717, 1.165) is 11.3 Å². The summed E-state index contributed by atoms with van der Waals surface area (Å²) in [6, 6.07) is 3.30. The number of carboxylic acid groups (broad SMARTS) is 1. The Morgan fingerprint density at radius 2 is 2.30 bits per heavy atom. The molecule has 1 aliphatic rings. The van der Waals surface area contributed by atoms with E-state index in [1.54, 1.807) is 13.0 Å². The van der Waals surface area contributed by atoms with Crippen LogP contribution in [-0.2, 0) is 11.3 Å². The zero-order valence-electron chi connectivity index (χ0n) is 11.2. The van der Waals surface area contributed by atoms with Crippen LogP contribution in [0.1, 0.15) is 31.1 Å². The molecule has 1 saturated heterocycles. The van der Waals surface area contributed by atoms with Crippen LogP contribution in [0.5, 0.6) is 0 Å². The predicted octanol–water partition coefficient (Wildman–Crippen LogP) is 2.94. The molecule has 0 radical (unpaired) electrons. The highest BCUT2D eigenvalue weighted by molar-refractivity contribution is 7.16. The van der Waals surface area contributed by atoms with Crippen molar-refractivity contribution in [2.24, 2.45) is 0 Å². The van der Waals surface area contributed by atoms with Crippen molar-refractivity contribution in [3.8, 4) is 0 Å². The largest absolute Gasteiger partial charge is 0.479 e. The number of nitrogens with zero attached hydrogens (tertiary/aromatic N) is 1. The minimum Gasteiger partial charge on any atom is -0.479 e. The molecule has 1 atom stereocenters. The number of hydrogen-bond donors (Lipinski definition) is 2. The Morgan fingerprint density at radius 3 is 2.85 bits per heavy atom. The van der Waals surface area contributed by atoms with Gasteiger partial charge in [-0.05, 0) is 31.4 Å². The maximum absolute atomic E-state index is 12.2.